The molecule has 0 amide bonds. The number of benzene rings is 2. The Morgan fingerprint density at radius 3 is 2.54 bits per heavy atom. The number of nitrogens with zero attached hydrogens (tertiary/aromatic N) is 5. The van der Waals surface area contributed by atoms with Crippen LogP contribution in [0.25, 0.3) is 10.8 Å². The van der Waals surface area contributed by atoms with Gasteiger partial charge in [-0.2, -0.15) is 15.0 Å². The van der Waals surface area contributed by atoms with Crippen LogP contribution in [0.15, 0.2) is 47.4 Å². The summed E-state index contributed by atoms with van der Waals surface area (Å²) < 4.78 is 0. The summed E-state index contributed by atoms with van der Waals surface area (Å²) in [6.45, 7) is 3.84. The molecule has 134 valence electrons. The molecule has 0 unspecified atom stereocenters. The Morgan fingerprint density at radius 1 is 0.962 bits per heavy atom. The van der Waals surface area contributed by atoms with Crippen molar-refractivity contribution in [3.8, 4) is 0 Å². The summed E-state index contributed by atoms with van der Waals surface area (Å²) in [6.07, 6.45) is 0. The number of nitrogen functional groups attached to an aromatic ring is 1. The highest BCUT2D eigenvalue weighted by molar-refractivity contribution is 7.98. The van der Waals surface area contributed by atoms with Crippen LogP contribution in [0.5, 0.6) is 0 Å². The van der Waals surface area contributed by atoms with E-state index in [1.807, 2.05) is 0 Å². The van der Waals surface area contributed by atoms with E-state index in [-0.39, 0.29) is 0 Å². The molecule has 1 aliphatic rings. The summed E-state index contributed by atoms with van der Waals surface area (Å²) in [7, 11) is 2.13. The molecular weight excluding hydrogens is 344 g/mol. The van der Waals surface area contributed by atoms with E-state index in [0.717, 1.165) is 32.0 Å². The minimum atomic E-state index is 0.294. The second-order valence-electron chi connectivity index (χ2n) is 6.50. The van der Waals surface area contributed by atoms with Crippen molar-refractivity contribution in [2.24, 2.45) is 0 Å². The zero-order chi connectivity index (χ0) is 17.9. The molecule has 1 saturated heterocycles. The molecule has 3 aromatic rings. The molecule has 0 saturated carbocycles. The van der Waals surface area contributed by atoms with Gasteiger partial charge in [0, 0.05) is 31.1 Å². The van der Waals surface area contributed by atoms with Crippen molar-refractivity contribution in [1.82, 2.24) is 19.9 Å². The van der Waals surface area contributed by atoms with Gasteiger partial charge in [0.05, 0.1) is 5.75 Å². The Kier molecular flexibility index (Phi) is 4.90. The SMILES string of the molecule is CN1CCN(c2nc(N)nc(CSc3ccc4ccccc4c3)n2)CC1. The molecule has 0 spiro atoms. The van der Waals surface area contributed by atoms with Crippen molar-refractivity contribution in [3.05, 3.63) is 48.3 Å². The molecule has 0 radical (unpaired) electrons. The summed E-state index contributed by atoms with van der Waals surface area (Å²) in [5.74, 6) is 2.39. The van der Waals surface area contributed by atoms with E-state index in [4.69, 9.17) is 5.73 Å². The summed E-state index contributed by atoms with van der Waals surface area (Å²) >= 11 is 1.72. The monoisotopic (exact) mass is 366 g/mol. The molecule has 1 aliphatic heterocycles. The first-order valence-electron chi connectivity index (χ1n) is 8.73. The van der Waals surface area contributed by atoms with Crippen LogP contribution in [0.1, 0.15) is 5.82 Å². The number of thioether (sulfide) groups is 1. The van der Waals surface area contributed by atoms with Crippen LogP contribution < -0.4 is 10.6 Å². The number of likely N-dealkylation sites (N-methyl/N-ethyl adjacent to an activating group) is 1. The van der Waals surface area contributed by atoms with Gasteiger partial charge < -0.3 is 15.5 Å². The van der Waals surface area contributed by atoms with E-state index >= 15 is 0 Å². The van der Waals surface area contributed by atoms with Gasteiger partial charge in [-0.25, -0.2) is 0 Å². The standard InChI is InChI=1S/C19H22N6S/c1-24-8-10-25(11-9-24)19-22-17(21-18(20)23-19)13-26-16-7-6-14-4-2-3-5-15(14)12-16/h2-7,12H,8-11,13H2,1H3,(H2,20,21,22,23). The normalized spacial score (nSPS) is 15.5. The van der Waals surface area contributed by atoms with Crippen molar-refractivity contribution < 1.29 is 0 Å². The fourth-order valence-corrected chi connectivity index (χ4v) is 3.84. The molecule has 0 bridgehead atoms. The first-order valence-corrected chi connectivity index (χ1v) is 9.71. The third-order valence-electron chi connectivity index (χ3n) is 4.56. The van der Waals surface area contributed by atoms with Gasteiger partial charge in [-0.3, -0.25) is 0 Å². The van der Waals surface area contributed by atoms with Gasteiger partial charge >= 0.3 is 0 Å². The highest BCUT2D eigenvalue weighted by atomic mass is 32.2. The Hall–Kier alpha value is -2.38. The average Bonchev–Trinajstić information content (AvgIpc) is 2.66. The number of hydrogen-bond donors (Lipinski definition) is 1. The smallest absolute Gasteiger partial charge is 0.230 e. The molecule has 7 heteroatoms. The Bertz CT molecular complexity index is 907. The van der Waals surface area contributed by atoms with E-state index in [9.17, 15) is 0 Å². The molecule has 2 aromatic carbocycles. The number of hydrogen-bond acceptors (Lipinski definition) is 7. The fourth-order valence-electron chi connectivity index (χ4n) is 3.04. The quantitative estimate of drug-likeness (QED) is 0.712. The first kappa shape index (κ1) is 17.1. The lowest BCUT2D eigenvalue weighted by Crippen LogP contribution is -2.45. The summed E-state index contributed by atoms with van der Waals surface area (Å²) in [4.78, 5) is 19.0. The minimum absolute atomic E-state index is 0.294. The summed E-state index contributed by atoms with van der Waals surface area (Å²) in [6, 6.07) is 14.9. The number of fused-ring (bicyclic) bond motifs is 1. The molecule has 0 atom stereocenters. The Labute approximate surface area is 157 Å². The van der Waals surface area contributed by atoms with Gasteiger partial charge in [0.15, 0.2) is 0 Å². The van der Waals surface area contributed by atoms with Crippen molar-refractivity contribution >= 4 is 34.4 Å². The number of piperazine rings is 1. The molecule has 1 aromatic heterocycles. The molecule has 6 nitrogen and oxygen atoms in total. The van der Waals surface area contributed by atoms with E-state index in [1.165, 1.54) is 15.7 Å². The van der Waals surface area contributed by atoms with Crippen LogP contribution in [0, 0.1) is 0 Å². The van der Waals surface area contributed by atoms with Crippen molar-refractivity contribution in [1.29, 1.82) is 0 Å². The zero-order valence-electron chi connectivity index (χ0n) is 14.8. The zero-order valence-corrected chi connectivity index (χ0v) is 15.6. The van der Waals surface area contributed by atoms with Crippen LogP contribution >= 0.6 is 11.8 Å². The highest BCUT2D eigenvalue weighted by Gasteiger charge is 2.18. The first-order chi connectivity index (χ1) is 12.7. The average molecular weight is 366 g/mol. The van der Waals surface area contributed by atoms with Crippen LogP contribution in [0.2, 0.25) is 0 Å². The second-order valence-corrected chi connectivity index (χ2v) is 7.55. The van der Waals surface area contributed by atoms with Crippen molar-refractivity contribution in [3.63, 3.8) is 0 Å². The van der Waals surface area contributed by atoms with Gasteiger partial charge in [0.25, 0.3) is 0 Å². The van der Waals surface area contributed by atoms with E-state index in [2.05, 4.69) is 74.3 Å². The Morgan fingerprint density at radius 2 is 1.73 bits per heavy atom. The minimum Gasteiger partial charge on any atom is -0.368 e. The maximum absolute atomic E-state index is 5.93. The number of nitrogens with two attached hydrogens (primary N) is 1. The van der Waals surface area contributed by atoms with E-state index in [0.29, 0.717) is 17.6 Å². The van der Waals surface area contributed by atoms with Crippen molar-refractivity contribution in [2.45, 2.75) is 10.6 Å². The van der Waals surface area contributed by atoms with E-state index < -0.39 is 0 Å². The van der Waals surface area contributed by atoms with Crippen molar-refractivity contribution in [2.75, 3.05) is 43.9 Å². The van der Waals surface area contributed by atoms with Gasteiger partial charge in [-0.05, 0) is 30.0 Å². The van der Waals surface area contributed by atoms with Gasteiger partial charge in [0.1, 0.15) is 5.82 Å². The van der Waals surface area contributed by atoms with Gasteiger partial charge in [0.2, 0.25) is 11.9 Å². The number of anilines is 2. The number of rotatable bonds is 4. The number of aromatic nitrogens is 3. The third kappa shape index (κ3) is 3.89. The molecule has 0 aliphatic carbocycles. The Balaban J connectivity index is 1.48. The summed E-state index contributed by atoms with van der Waals surface area (Å²) in [5.41, 5.74) is 5.93. The van der Waals surface area contributed by atoms with Crippen LogP contribution in [0.3, 0.4) is 0 Å². The predicted molar refractivity (Wildman–Crippen MR) is 107 cm³/mol. The van der Waals surface area contributed by atoms with Gasteiger partial charge in [-0.1, -0.05) is 30.3 Å². The molecule has 4 rings (SSSR count). The van der Waals surface area contributed by atoms with Crippen LogP contribution in [0.4, 0.5) is 11.9 Å². The van der Waals surface area contributed by atoms with E-state index in [1.54, 1.807) is 11.8 Å². The third-order valence-corrected chi connectivity index (χ3v) is 5.55. The molecule has 26 heavy (non-hydrogen) atoms. The molecular formula is C19H22N6S. The topological polar surface area (TPSA) is 71.2 Å². The second kappa shape index (κ2) is 7.47. The summed E-state index contributed by atoms with van der Waals surface area (Å²) in [5, 5.41) is 2.49. The predicted octanol–water partition coefficient (Wildman–Crippen LogP) is 2.65. The van der Waals surface area contributed by atoms with Gasteiger partial charge in [-0.15, -0.1) is 11.8 Å². The molecule has 2 heterocycles. The lowest BCUT2D eigenvalue weighted by atomic mass is 10.1. The fraction of sp³-hybridized carbons (Fsp3) is 0.316. The lowest BCUT2D eigenvalue weighted by molar-refractivity contribution is 0.311. The van der Waals surface area contributed by atoms with Crippen LogP contribution in [-0.4, -0.2) is 53.1 Å². The maximum atomic E-state index is 5.93. The van der Waals surface area contributed by atoms with Crippen LogP contribution in [-0.2, 0) is 5.75 Å². The maximum Gasteiger partial charge on any atom is 0.230 e. The lowest BCUT2D eigenvalue weighted by Gasteiger charge is -2.32. The largest absolute Gasteiger partial charge is 0.368 e. The molecule has 1 fully saturated rings. The molecule has 2 N–H and O–H groups in total. The highest BCUT2D eigenvalue weighted by Crippen LogP contribution is 2.26.